The van der Waals surface area contributed by atoms with Gasteiger partial charge in [0.05, 0.1) is 24.0 Å². The molecular weight excluding hydrogens is 402 g/mol. The molecule has 9 heteroatoms. The molecule has 0 saturated carbocycles. The van der Waals surface area contributed by atoms with Crippen LogP contribution in [0.1, 0.15) is 6.92 Å². The van der Waals surface area contributed by atoms with E-state index in [1.165, 1.54) is 11.8 Å². The molecule has 30 heavy (non-hydrogen) atoms. The fourth-order valence-electron chi connectivity index (χ4n) is 3.31. The highest BCUT2D eigenvalue weighted by atomic mass is 32.2. The second-order valence-electron chi connectivity index (χ2n) is 6.79. The van der Waals surface area contributed by atoms with E-state index in [2.05, 4.69) is 21.2 Å². The minimum atomic E-state index is -0.337. The Morgan fingerprint density at radius 2 is 2.00 bits per heavy atom. The zero-order chi connectivity index (χ0) is 20.9. The highest BCUT2D eigenvalue weighted by molar-refractivity contribution is 8.14. The van der Waals surface area contributed by atoms with Crippen LogP contribution in [-0.2, 0) is 9.59 Å². The van der Waals surface area contributed by atoms with Crippen molar-refractivity contribution in [2.75, 3.05) is 29.1 Å². The van der Waals surface area contributed by atoms with Crippen molar-refractivity contribution < 1.29 is 14.3 Å². The average molecular weight is 426 g/mol. The van der Waals surface area contributed by atoms with Crippen LogP contribution in [0, 0.1) is 5.92 Å². The largest absolute Gasteiger partial charge is 0.494 e. The zero-order valence-electron chi connectivity index (χ0n) is 16.5. The third-order valence-corrected chi connectivity index (χ3v) is 5.68. The number of carbonyl (C=O) groups excluding carboxylic acids is 2. The summed E-state index contributed by atoms with van der Waals surface area (Å²) in [5, 5.41) is 3.34. The van der Waals surface area contributed by atoms with Crippen molar-refractivity contribution in [3.63, 3.8) is 0 Å². The maximum atomic E-state index is 13.2. The molecule has 1 fully saturated rings. The van der Waals surface area contributed by atoms with Gasteiger partial charge in [-0.1, -0.05) is 30.0 Å². The summed E-state index contributed by atoms with van der Waals surface area (Å²) < 4.78 is 5.49. The summed E-state index contributed by atoms with van der Waals surface area (Å²) in [7, 11) is 0. The van der Waals surface area contributed by atoms with Gasteiger partial charge in [-0.3, -0.25) is 19.9 Å². The van der Waals surface area contributed by atoms with Gasteiger partial charge in [0.2, 0.25) is 11.8 Å². The minimum absolute atomic E-state index is 0.0531. The van der Waals surface area contributed by atoms with Crippen molar-refractivity contribution in [3.05, 3.63) is 54.6 Å². The molecule has 2 aliphatic heterocycles. The van der Waals surface area contributed by atoms with Crippen LogP contribution in [0.4, 0.5) is 11.4 Å². The van der Waals surface area contributed by atoms with Crippen molar-refractivity contribution in [3.8, 4) is 5.75 Å². The Labute approximate surface area is 179 Å². The van der Waals surface area contributed by atoms with E-state index in [9.17, 15) is 9.59 Å². The van der Waals surface area contributed by atoms with Crippen molar-refractivity contribution in [2.24, 2.45) is 10.9 Å². The van der Waals surface area contributed by atoms with Crippen molar-refractivity contribution >= 4 is 40.1 Å². The van der Waals surface area contributed by atoms with Crippen LogP contribution in [0.15, 0.2) is 59.6 Å². The van der Waals surface area contributed by atoms with E-state index in [1.54, 1.807) is 4.90 Å². The molecule has 2 atom stereocenters. The summed E-state index contributed by atoms with van der Waals surface area (Å²) in [6.45, 7) is 3.00. The van der Waals surface area contributed by atoms with Gasteiger partial charge in [0, 0.05) is 12.2 Å². The van der Waals surface area contributed by atoms with Crippen LogP contribution < -0.4 is 25.8 Å². The summed E-state index contributed by atoms with van der Waals surface area (Å²) >= 11 is 1.24. The number of nitrogens with one attached hydrogen (secondary N) is 3. The molecule has 0 aromatic heterocycles. The topological polar surface area (TPSA) is 95.1 Å². The standard InChI is InChI=1S/C21H23N5O3S/c1-2-29-16-10-8-15(9-11-16)26-20(28)17-12-22-25-19(17)24-21(26)30-13-18(27)23-14-6-4-3-5-7-14/h3-11,17,19,22,25H,2,12-13H2,1H3,(H,23,27). The molecule has 8 nitrogen and oxygen atoms in total. The van der Waals surface area contributed by atoms with Gasteiger partial charge in [-0.2, -0.15) is 0 Å². The first-order valence-electron chi connectivity index (χ1n) is 9.76. The number of fused-ring (bicyclic) bond motifs is 1. The molecule has 156 valence electrons. The first-order chi connectivity index (χ1) is 14.7. The Kier molecular flexibility index (Phi) is 6.32. The molecule has 2 aliphatic rings. The van der Waals surface area contributed by atoms with E-state index in [-0.39, 0.29) is 29.7 Å². The van der Waals surface area contributed by atoms with Crippen LogP contribution in [0.3, 0.4) is 0 Å². The van der Waals surface area contributed by atoms with Crippen molar-refractivity contribution in [2.45, 2.75) is 13.1 Å². The highest BCUT2D eigenvalue weighted by Gasteiger charge is 2.42. The number of carbonyl (C=O) groups is 2. The number of aliphatic imine (C=N–C) groups is 1. The Bertz CT molecular complexity index is 935. The van der Waals surface area contributed by atoms with Crippen LogP contribution in [0.25, 0.3) is 0 Å². The van der Waals surface area contributed by atoms with Crippen molar-refractivity contribution in [1.29, 1.82) is 0 Å². The second-order valence-corrected chi connectivity index (χ2v) is 7.73. The van der Waals surface area contributed by atoms with Crippen LogP contribution >= 0.6 is 11.8 Å². The van der Waals surface area contributed by atoms with E-state index in [0.29, 0.717) is 24.0 Å². The number of para-hydroxylation sites is 1. The minimum Gasteiger partial charge on any atom is -0.494 e. The molecule has 1 saturated heterocycles. The molecule has 0 radical (unpaired) electrons. The molecule has 0 spiro atoms. The molecule has 3 N–H and O–H groups in total. The second kappa shape index (κ2) is 9.29. The Morgan fingerprint density at radius 1 is 1.23 bits per heavy atom. The Balaban J connectivity index is 1.51. The third kappa shape index (κ3) is 4.48. The summed E-state index contributed by atoms with van der Waals surface area (Å²) in [4.78, 5) is 31.9. The lowest BCUT2D eigenvalue weighted by atomic mass is 10.0. The molecule has 2 unspecified atom stereocenters. The monoisotopic (exact) mass is 425 g/mol. The number of hydrogen-bond acceptors (Lipinski definition) is 7. The quantitative estimate of drug-likeness (QED) is 0.657. The number of amides is 2. The van der Waals surface area contributed by atoms with E-state index in [4.69, 9.17) is 4.74 Å². The van der Waals surface area contributed by atoms with Gasteiger partial charge < -0.3 is 10.1 Å². The van der Waals surface area contributed by atoms with E-state index in [1.807, 2.05) is 61.5 Å². The maximum absolute atomic E-state index is 13.2. The summed E-state index contributed by atoms with van der Waals surface area (Å²) in [5.74, 6) is 0.370. The number of ether oxygens (including phenoxy) is 1. The number of nitrogens with zero attached hydrogens (tertiary/aromatic N) is 2. The predicted molar refractivity (Wildman–Crippen MR) is 118 cm³/mol. The maximum Gasteiger partial charge on any atom is 0.241 e. The third-order valence-electron chi connectivity index (χ3n) is 4.73. The van der Waals surface area contributed by atoms with E-state index in [0.717, 1.165) is 11.4 Å². The fourth-order valence-corrected chi connectivity index (χ4v) is 4.16. The van der Waals surface area contributed by atoms with E-state index < -0.39 is 0 Å². The number of thioether (sulfide) groups is 1. The lowest BCUT2D eigenvalue weighted by Crippen LogP contribution is -2.49. The Morgan fingerprint density at radius 3 is 2.73 bits per heavy atom. The number of hydrogen-bond donors (Lipinski definition) is 3. The predicted octanol–water partition coefficient (Wildman–Crippen LogP) is 2.21. The van der Waals surface area contributed by atoms with Crippen LogP contribution in [0.2, 0.25) is 0 Å². The summed E-state index contributed by atoms with van der Waals surface area (Å²) in [6, 6.07) is 16.6. The fraction of sp³-hybridized carbons (Fsp3) is 0.286. The number of anilines is 2. The number of benzene rings is 2. The smallest absolute Gasteiger partial charge is 0.241 e. The summed E-state index contributed by atoms with van der Waals surface area (Å²) in [5.41, 5.74) is 7.45. The van der Waals surface area contributed by atoms with Gasteiger partial charge in [0.25, 0.3) is 0 Å². The van der Waals surface area contributed by atoms with Gasteiger partial charge in [-0.15, -0.1) is 0 Å². The molecular formula is C21H23N5O3S. The molecule has 4 rings (SSSR count). The lowest BCUT2D eigenvalue weighted by Gasteiger charge is -2.32. The van der Waals surface area contributed by atoms with Gasteiger partial charge in [-0.25, -0.2) is 10.4 Å². The first kappa shape index (κ1) is 20.4. The molecule has 0 aliphatic carbocycles. The zero-order valence-corrected chi connectivity index (χ0v) is 17.3. The SMILES string of the molecule is CCOc1ccc(N2C(=O)C3CNNC3N=C2SCC(=O)Nc2ccccc2)cc1. The van der Waals surface area contributed by atoms with Crippen LogP contribution in [-0.4, -0.2) is 42.1 Å². The number of rotatable bonds is 6. The lowest BCUT2D eigenvalue weighted by molar-refractivity contribution is -0.121. The van der Waals surface area contributed by atoms with E-state index >= 15 is 0 Å². The normalized spacial score (nSPS) is 20.5. The molecule has 2 heterocycles. The number of hydrazine groups is 1. The van der Waals surface area contributed by atoms with Gasteiger partial charge >= 0.3 is 0 Å². The molecule has 0 bridgehead atoms. The molecule has 2 aromatic rings. The molecule has 2 aromatic carbocycles. The van der Waals surface area contributed by atoms with Gasteiger partial charge in [0.1, 0.15) is 11.9 Å². The average Bonchev–Trinajstić information content (AvgIpc) is 3.23. The summed E-state index contributed by atoms with van der Waals surface area (Å²) in [6.07, 6.45) is -0.337. The highest BCUT2D eigenvalue weighted by Crippen LogP contribution is 2.30. The van der Waals surface area contributed by atoms with Gasteiger partial charge in [-0.05, 0) is 43.3 Å². The molecule has 2 amide bonds. The Hall–Kier alpha value is -2.88. The first-order valence-corrected chi connectivity index (χ1v) is 10.7. The van der Waals surface area contributed by atoms with Crippen molar-refractivity contribution in [1.82, 2.24) is 10.9 Å². The van der Waals surface area contributed by atoms with Crippen LogP contribution in [0.5, 0.6) is 5.75 Å². The number of amidine groups is 1. The van der Waals surface area contributed by atoms with Gasteiger partial charge in [0.15, 0.2) is 5.17 Å².